The maximum absolute atomic E-state index is 12.7. The Morgan fingerprint density at radius 3 is 2.79 bits per heavy atom. The number of anilines is 1. The van der Waals surface area contributed by atoms with Crippen LogP contribution < -0.4 is 10.1 Å². The Morgan fingerprint density at radius 1 is 1.24 bits per heavy atom. The van der Waals surface area contributed by atoms with Crippen molar-refractivity contribution in [3.05, 3.63) is 66.1 Å². The van der Waals surface area contributed by atoms with Crippen LogP contribution in [0.2, 0.25) is 0 Å². The van der Waals surface area contributed by atoms with E-state index in [9.17, 15) is 4.79 Å². The van der Waals surface area contributed by atoms with Crippen molar-refractivity contribution in [3.8, 4) is 17.6 Å². The van der Waals surface area contributed by atoms with E-state index < -0.39 is 0 Å². The predicted octanol–water partition coefficient (Wildman–Crippen LogP) is 3.13. The number of rotatable bonds is 4. The molecular formula is C21H20N6O2. The van der Waals surface area contributed by atoms with Crippen LogP contribution in [0.1, 0.15) is 17.7 Å². The Kier molecular flexibility index (Phi) is 5.12. The smallest absolute Gasteiger partial charge is 0.322 e. The quantitative estimate of drug-likeness (QED) is 0.741. The van der Waals surface area contributed by atoms with Gasteiger partial charge in [0, 0.05) is 25.2 Å². The zero-order valence-corrected chi connectivity index (χ0v) is 15.9. The number of urea groups is 1. The number of amides is 2. The molecule has 0 aliphatic carbocycles. The lowest BCUT2D eigenvalue weighted by Crippen LogP contribution is -2.34. The molecule has 8 heteroatoms. The van der Waals surface area contributed by atoms with Gasteiger partial charge in [0.1, 0.15) is 12.2 Å². The number of nitrogens with one attached hydrogen (secondary N) is 1. The Hall–Kier alpha value is -3.86. The van der Waals surface area contributed by atoms with E-state index >= 15 is 0 Å². The number of pyridine rings is 1. The summed E-state index contributed by atoms with van der Waals surface area (Å²) in [5.41, 5.74) is 2.96. The van der Waals surface area contributed by atoms with Crippen molar-refractivity contribution in [2.45, 2.75) is 19.4 Å². The molecule has 0 radical (unpaired) electrons. The number of benzene rings is 1. The monoisotopic (exact) mass is 388 g/mol. The molecule has 0 bridgehead atoms. The molecule has 1 N–H and O–H groups in total. The lowest BCUT2D eigenvalue weighted by molar-refractivity contribution is 0.190. The van der Waals surface area contributed by atoms with E-state index in [1.165, 1.54) is 6.20 Å². The molecule has 1 aliphatic rings. The zero-order chi connectivity index (χ0) is 20.2. The third kappa shape index (κ3) is 4.04. The second-order valence-corrected chi connectivity index (χ2v) is 6.79. The van der Waals surface area contributed by atoms with E-state index in [1.807, 2.05) is 43.3 Å². The lowest BCUT2D eigenvalue weighted by atomic mass is 10.3. The molecule has 8 nitrogen and oxygen atoms in total. The first-order valence-corrected chi connectivity index (χ1v) is 9.33. The summed E-state index contributed by atoms with van der Waals surface area (Å²) in [6.45, 7) is 2.99. The fourth-order valence-electron chi connectivity index (χ4n) is 3.25. The van der Waals surface area contributed by atoms with Gasteiger partial charge in [0.15, 0.2) is 0 Å². The molecule has 0 saturated carbocycles. The van der Waals surface area contributed by atoms with Crippen LogP contribution in [0.25, 0.3) is 5.69 Å². The molecule has 1 atom stereocenters. The van der Waals surface area contributed by atoms with Crippen LogP contribution >= 0.6 is 0 Å². The van der Waals surface area contributed by atoms with Gasteiger partial charge in [-0.2, -0.15) is 10.4 Å². The summed E-state index contributed by atoms with van der Waals surface area (Å²) in [6, 6.07) is 14.9. The van der Waals surface area contributed by atoms with Gasteiger partial charge in [-0.25, -0.2) is 14.5 Å². The topological polar surface area (TPSA) is 96.1 Å². The number of carbonyl (C=O) groups excluding carboxylic acids is 1. The normalized spacial score (nSPS) is 15.7. The van der Waals surface area contributed by atoms with Crippen molar-refractivity contribution in [3.63, 3.8) is 0 Å². The number of hydrogen-bond acceptors (Lipinski definition) is 5. The largest absolute Gasteiger partial charge is 0.472 e. The fourth-order valence-corrected chi connectivity index (χ4v) is 3.25. The van der Waals surface area contributed by atoms with Crippen LogP contribution in [0.4, 0.5) is 10.5 Å². The van der Waals surface area contributed by atoms with Crippen LogP contribution in [0.15, 0.2) is 54.9 Å². The number of aromatic nitrogens is 3. The second-order valence-electron chi connectivity index (χ2n) is 6.79. The number of nitriles is 1. The molecule has 1 unspecified atom stereocenters. The van der Waals surface area contributed by atoms with Crippen molar-refractivity contribution >= 4 is 11.7 Å². The van der Waals surface area contributed by atoms with Crippen molar-refractivity contribution in [1.29, 1.82) is 5.26 Å². The van der Waals surface area contributed by atoms with E-state index in [-0.39, 0.29) is 12.1 Å². The maximum Gasteiger partial charge on any atom is 0.322 e. The molecule has 4 rings (SSSR count). The standard InChI is InChI=1S/C21H20N6O2/c1-15-19(13-24-27(15)17-5-3-2-4-6-17)25-21(28)26-10-9-18(14-26)29-20-8-7-16(11-22)12-23-20/h2-8,12-13,18H,9-10,14H2,1H3,(H,25,28). The number of ether oxygens (including phenoxy) is 1. The number of carbonyl (C=O) groups is 1. The molecule has 1 aromatic carbocycles. The van der Waals surface area contributed by atoms with Crippen LogP contribution in [-0.4, -0.2) is 44.9 Å². The highest BCUT2D eigenvalue weighted by molar-refractivity contribution is 5.90. The first kappa shape index (κ1) is 18.5. The van der Waals surface area contributed by atoms with Crippen LogP contribution in [-0.2, 0) is 0 Å². The Balaban J connectivity index is 1.36. The van der Waals surface area contributed by atoms with Gasteiger partial charge >= 0.3 is 6.03 Å². The average molecular weight is 388 g/mol. The SMILES string of the molecule is Cc1c(NC(=O)N2CCC(Oc3ccc(C#N)cn3)C2)cnn1-c1ccccc1. The summed E-state index contributed by atoms with van der Waals surface area (Å²) in [6.07, 6.45) is 3.72. The molecule has 1 saturated heterocycles. The Bertz CT molecular complexity index is 1040. The minimum Gasteiger partial charge on any atom is -0.472 e. The summed E-state index contributed by atoms with van der Waals surface area (Å²) in [7, 11) is 0. The van der Waals surface area contributed by atoms with Gasteiger partial charge in [-0.15, -0.1) is 0 Å². The van der Waals surface area contributed by atoms with E-state index in [0.29, 0.717) is 30.2 Å². The van der Waals surface area contributed by atoms with Gasteiger partial charge in [-0.3, -0.25) is 0 Å². The minimum absolute atomic E-state index is 0.130. The van der Waals surface area contributed by atoms with E-state index in [1.54, 1.807) is 27.9 Å². The highest BCUT2D eigenvalue weighted by Crippen LogP contribution is 2.21. The highest BCUT2D eigenvalue weighted by Gasteiger charge is 2.28. The highest BCUT2D eigenvalue weighted by atomic mass is 16.5. The Morgan fingerprint density at radius 2 is 2.07 bits per heavy atom. The number of likely N-dealkylation sites (tertiary alicyclic amines) is 1. The molecule has 29 heavy (non-hydrogen) atoms. The molecule has 3 heterocycles. The predicted molar refractivity (Wildman–Crippen MR) is 107 cm³/mol. The molecule has 2 amide bonds. The second kappa shape index (κ2) is 8.02. The van der Waals surface area contributed by atoms with E-state index in [4.69, 9.17) is 10.00 Å². The van der Waals surface area contributed by atoms with Crippen molar-refractivity contribution in [2.75, 3.05) is 18.4 Å². The summed E-state index contributed by atoms with van der Waals surface area (Å²) in [5, 5.41) is 16.1. The summed E-state index contributed by atoms with van der Waals surface area (Å²) < 4.78 is 7.63. The van der Waals surface area contributed by atoms with Gasteiger partial charge in [-0.1, -0.05) is 18.2 Å². The van der Waals surface area contributed by atoms with Gasteiger partial charge in [0.2, 0.25) is 5.88 Å². The van der Waals surface area contributed by atoms with E-state index in [0.717, 1.165) is 17.8 Å². The van der Waals surface area contributed by atoms with Crippen molar-refractivity contribution < 1.29 is 9.53 Å². The molecular weight excluding hydrogens is 368 g/mol. The average Bonchev–Trinajstić information content (AvgIpc) is 3.36. The van der Waals surface area contributed by atoms with Crippen molar-refractivity contribution in [2.24, 2.45) is 0 Å². The zero-order valence-electron chi connectivity index (χ0n) is 15.9. The summed E-state index contributed by atoms with van der Waals surface area (Å²) in [5.74, 6) is 0.455. The Labute approximate surface area is 168 Å². The van der Waals surface area contributed by atoms with E-state index in [2.05, 4.69) is 15.4 Å². The van der Waals surface area contributed by atoms with Crippen LogP contribution in [0.3, 0.4) is 0 Å². The lowest BCUT2D eigenvalue weighted by Gasteiger charge is -2.17. The number of nitrogens with zero attached hydrogens (tertiary/aromatic N) is 5. The molecule has 3 aromatic rings. The first-order valence-electron chi connectivity index (χ1n) is 9.33. The molecule has 1 fully saturated rings. The summed E-state index contributed by atoms with van der Waals surface area (Å²) in [4.78, 5) is 18.5. The fraction of sp³-hybridized carbons (Fsp3) is 0.238. The maximum atomic E-state index is 12.7. The van der Waals surface area contributed by atoms with Crippen LogP contribution in [0.5, 0.6) is 5.88 Å². The van der Waals surface area contributed by atoms with Gasteiger partial charge in [0.05, 0.1) is 35.4 Å². The minimum atomic E-state index is -0.181. The third-order valence-corrected chi connectivity index (χ3v) is 4.84. The van der Waals surface area contributed by atoms with Crippen LogP contribution in [0, 0.1) is 18.3 Å². The molecule has 2 aromatic heterocycles. The number of para-hydroxylation sites is 1. The van der Waals surface area contributed by atoms with Crippen molar-refractivity contribution in [1.82, 2.24) is 19.7 Å². The third-order valence-electron chi connectivity index (χ3n) is 4.84. The van der Waals surface area contributed by atoms with Gasteiger partial charge < -0.3 is 15.0 Å². The first-order chi connectivity index (χ1) is 14.1. The molecule has 1 aliphatic heterocycles. The van der Waals surface area contributed by atoms with Gasteiger partial charge in [0.25, 0.3) is 0 Å². The summed E-state index contributed by atoms with van der Waals surface area (Å²) >= 11 is 0. The molecule has 0 spiro atoms. The molecule has 146 valence electrons. The van der Waals surface area contributed by atoms with Gasteiger partial charge in [-0.05, 0) is 25.1 Å². The number of hydrogen-bond donors (Lipinski definition) is 1.